The van der Waals surface area contributed by atoms with Crippen LogP contribution in [0.2, 0.25) is 5.15 Å². The lowest BCUT2D eigenvalue weighted by Crippen LogP contribution is -2.17. The van der Waals surface area contributed by atoms with Crippen molar-refractivity contribution in [2.45, 2.75) is 37.5 Å². The molecular weight excluding hydrogens is 514 g/mol. The number of benzene rings is 1. The second-order valence-corrected chi connectivity index (χ2v) is 11.1. The molecule has 37 heavy (non-hydrogen) atoms. The highest BCUT2D eigenvalue weighted by Crippen LogP contribution is 2.36. The van der Waals surface area contributed by atoms with Crippen molar-refractivity contribution in [3.05, 3.63) is 89.3 Å². The Morgan fingerprint density at radius 2 is 1.59 bits per heavy atom. The van der Waals surface area contributed by atoms with Gasteiger partial charge in [0.15, 0.2) is 16.8 Å². The summed E-state index contributed by atoms with van der Waals surface area (Å²) in [5, 5.41) is -0.115. The van der Waals surface area contributed by atoms with E-state index in [1.165, 1.54) is 12.4 Å². The minimum absolute atomic E-state index is 0.0333. The Morgan fingerprint density at radius 3 is 2.22 bits per heavy atom. The van der Waals surface area contributed by atoms with Crippen LogP contribution in [0.1, 0.15) is 32.8 Å². The van der Waals surface area contributed by atoms with Crippen LogP contribution >= 0.6 is 11.6 Å². The number of rotatable bonds is 7. The molecule has 1 aromatic carbocycles. The van der Waals surface area contributed by atoms with Gasteiger partial charge in [0.2, 0.25) is 11.6 Å². The van der Waals surface area contributed by atoms with Crippen LogP contribution in [0.15, 0.2) is 83.4 Å². The summed E-state index contributed by atoms with van der Waals surface area (Å²) in [6, 6.07) is 8.29. The standard InChI is InChI=1S/C26H26ClN5O4S/c1-26(2,3)17-10-12-20(13-11-17)37(33,34)32-23-21(36-19-9-6-5-8-18(16-19)35-4)22(27)30-25(31-23)24-28-14-7-15-29-24/h5-15H,16H2,1-4H3,(H,30,31,32). The Bertz CT molecular complexity index is 1480. The Hall–Kier alpha value is -3.76. The van der Waals surface area contributed by atoms with E-state index in [0.29, 0.717) is 17.9 Å². The smallest absolute Gasteiger partial charge is 0.263 e. The van der Waals surface area contributed by atoms with Crippen LogP contribution in [0.5, 0.6) is 5.75 Å². The van der Waals surface area contributed by atoms with E-state index in [-0.39, 0.29) is 38.7 Å². The zero-order valence-electron chi connectivity index (χ0n) is 20.8. The number of hydrogen-bond acceptors (Lipinski definition) is 8. The predicted octanol–water partition coefficient (Wildman–Crippen LogP) is 5.44. The van der Waals surface area contributed by atoms with E-state index in [1.54, 1.807) is 61.7 Å². The second kappa shape index (κ2) is 10.7. The first-order valence-electron chi connectivity index (χ1n) is 11.3. The first-order valence-corrected chi connectivity index (χ1v) is 13.2. The zero-order chi connectivity index (χ0) is 26.6. The van der Waals surface area contributed by atoms with Gasteiger partial charge in [-0.3, -0.25) is 4.72 Å². The van der Waals surface area contributed by atoms with Crippen molar-refractivity contribution in [1.29, 1.82) is 0 Å². The molecule has 0 aliphatic heterocycles. The Labute approximate surface area is 221 Å². The SMILES string of the molecule is COC1=CC=CC=C(Oc2c(Cl)nc(-c3ncccn3)nc2NS(=O)(=O)c2ccc(C(C)(C)C)cc2)C1. The highest BCUT2D eigenvalue weighted by molar-refractivity contribution is 7.92. The second-order valence-electron chi connectivity index (χ2n) is 9.10. The fourth-order valence-corrected chi connectivity index (χ4v) is 4.59. The molecule has 0 unspecified atom stereocenters. The Balaban J connectivity index is 1.75. The predicted molar refractivity (Wildman–Crippen MR) is 142 cm³/mol. The number of hydrogen-bond donors (Lipinski definition) is 1. The van der Waals surface area contributed by atoms with Gasteiger partial charge in [0.25, 0.3) is 10.0 Å². The summed E-state index contributed by atoms with van der Waals surface area (Å²) in [5.74, 6) is 1.09. The largest absolute Gasteiger partial charge is 0.501 e. The maximum atomic E-state index is 13.4. The lowest BCUT2D eigenvalue weighted by Gasteiger charge is -2.19. The molecule has 0 radical (unpaired) electrons. The van der Waals surface area contributed by atoms with Gasteiger partial charge in [-0.25, -0.2) is 28.4 Å². The average Bonchev–Trinajstić information content (AvgIpc) is 3.11. The molecule has 0 amide bonds. The number of ether oxygens (including phenoxy) is 2. The molecule has 9 nitrogen and oxygen atoms in total. The first-order chi connectivity index (χ1) is 17.6. The van der Waals surface area contributed by atoms with Gasteiger partial charge in [0.1, 0.15) is 11.5 Å². The molecule has 0 fully saturated rings. The molecule has 192 valence electrons. The number of nitrogens with zero attached hydrogens (tertiary/aromatic N) is 4. The van der Waals surface area contributed by atoms with Gasteiger partial charge < -0.3 is 9.47 Å². The maximum Gasteiger partial charge on any atom is 0.263 e. The van der Waals surface area contributed by atoms with Gasteiger partial charge in [-0.1, -0.05) is 56.7 Å². The first kappa shape index (κ1) is 26.3. The molecule has 2 heterocycles. The summed E-state index contributed by atoms with van der Waals surface area (Å²) in [6.45, 7) is 6.15. The van der Waals surface area contributed by atoms with Crippen molar-refractivity contribution >= 4 is 27.4 Å². The third-order valence-electron chi connectivity index (χ3n) is 5.37. The van der Waals surface area contributed by atoms with Crippen LogP contribution in [-0.2, 0) is 20.2 Å². The van der Waals surface area contributed by atoms with E-state index in [0.717, 1.165) is 5.56 Å². The average molecular weight is 540 g/mol. The van der Waals surface area contributed by atoms with Crippen LogP contribution < -0.4 is 9.46 Å². The minimum Gasteiger partial charge on any atom is -0.501 e. The number of methoxy groups -OCH3 is 1. The van der Waals surface area contributed by atoms with E-state index in [9.17, 15) is 8.42 Å². The molecule has 1 N–H and O–H groups in total. The molecule has 4 rings (SSSR count). The fourth-order valence-electron chi connectivity index (χ4n) is 3.37. The van der Waals surface area contributed by atoms with Crippen LogP contribution in [0.3, 0.4) is 0 Å². The molecule has 0 spiro atoms. The molecule has 0 bridgehead atoms. The summed E-state index contributed by atoms with van der Waals surface area (Å²) in [4.78, 5) is 17.0. The monoisotopic (exact) mass is 539 g/mol. The number of aromatic nitrogens is 4. The minimum atomic E-state index is -4.07. The molecule has 1 aliphatic carbocycles. The van der Waals surface area contributed by atoms with E-state index in [2.05, 4.69) is 45.4 Å². The topological polar surface area (TPSA) is 116 Å². The van der Waals surface area contributed by atoms with Gasteiger partial charge in [-0.05, 0) is 41.3 Å². The van der Waals surface area contributed by atoms with E-state index in [4.69, 9.17) is 21.1 Å². The molecule has 11 heteroatoms. The zero-order valence-corrected chi connectivity index (χ0v) is 22.3. The Morgan fingerprint density at radius 1 is 0.946 bits per heavy atom. The summed E-state index contributed by atoms with van der Waals surface area (Å²) < 4.78 is 40.6. The van der Waals surface area contributed by atoms with Crippen molar-refractivity contribution in [2.75, 3.05) is 11.8 Å². The van der Waals surface area contributed by atoms with Gasteiger partial charge in [-0.2, -0.15) is 0 Å². The van der Waals surface area contributed by atoms with E-state index < -0.39 is 10.0 Å². The van der Waals surface area contributed by atoms with Crippen LogP contribution in [0.4, 0.5) is 5.82 Å². The van der Waals surface area contributed by atoms with Crippen molar-refractivity contribution in [2.24, 2.45) is 0 Å². The number of anilines is 1. The third kappa shape index (κ3) is 6.33. The van der Waals surface area contributed by atoms with Crippen molar-refractivity contribution < 1.29 is 17.9 Å². The van der Waals surface area contributed by atoms with Crippen LogP contribution in [0.25, 0.3) is 11.6 Å². The summed E-state index contributed by atoms with van der Waals surface area (Å²) in [5.41, 5.74) is 0.872. The van der Waals surface area contributed by atoms with Gasteiger partial charge >= 0.3 is 0 Å². The van der Waals surface area contributed by atoms with E-state index >= 15 is 0 Å². The molecule has 3 aromatic rings. The van der Waals surface area contributed by atoms with Crippen LogP contribution in [0, 0.1) is 0 Å². The van der Waals surface area contributed by atoms with Gasteiger partial charge in [-0.15, -0.1) is 0 Å². The lowest BCUT2D eigenvalue weighted by atomic mass is 9.87. The highest BCUT2D eigenvalue weighted by Gasteiger charge is 2.25. The number of sulfonamides is 1. The fraction of sp³-hybridized carbons (Fsp3) is 0.231. The number of allylic oxidation sites excluding steroid dienone is 4. The van der Waals surface area contributed by atoms with E-state index in [1.807, 2.05) is 0 Å². The highest BCUT2D eigenvalue weighted by atomic mass is 35.5. The summed E-state index contributed by atoms with van der Waals surface area (Å²) in [7, 11) is -2.51. The number of nitrogens with one attached hydrogen (secondary N) is 1. The molecule has 0 saturated carbocycles. The molecular formula is C26H26ClN5O4S. The van der Waals surface area contributed by atoms with Crippen LogP contribution in [-0.4, -0.2) is 35.5 Å². The normalized spacial score (nSPS) is 13.9. The molecule has 0 atom stereocenters. The summed E-state index contributed by atoms with van der Waals surface area (Å²) in [6.07, 6.45) is 10.4. The molecule has 0 saturated heterocycles. The Kier molecular flexibility index (Phi) is 7.60. The third-order valence-corrected chi connectivity index (χ3v) is 6.98. The molecule has 1 aliphatic rings. The molecule has 2 aromatic heterocycles. The lowest BCUT2D eigenvalue weighted by molar-refractivity contribution is 0.269. The van der Waals surface area contributed by atoms with Crippen molar-refractivity contribution in [1.82, 2.24) is 19.9 Å². The summed E-state index contributed by atoms with van der Waals surface area (Å²) >= 11 is 6.50. The van der Waals surface area contributed by atoms with Crippen molar-refractivity contribution in [3.8, 4) is 17.4 Å². The maximum absolute atomic E-state index is 13.4. The quantitative estimate of drug-likeness (QED) is 0.395. The van der Waals surface area contributed by atoms with Gasteiger partial charge in [0.05, 0.1) is 18.4 Å². The van der Waals surface area contributed by atoms with Crippen molar-refractivity contribution in [3.63, 3.8) is 0 Å². The number of halogens is 1. The van der Waals surface area contributed by atoms with Gasteiger partial charge in [0, 0.05) is 12.4 Å².